The minimum absolute atomic E-state index is 0.263. The Bertz CT molecular complexity index is 406. The zero-order valence-corrected chi connectivity index (χ0v) is 8.68. The van der Waals surface area contributed by atoms with Crippen LogP contribution in [0.25, 0.3) is 0 Å². The third-order valence-electron chi connectivity index (χ3n) is 2.14. The number of hydrogen-bond acceptors (Lipinski definition) is 5. The standard InChI is InChI=1S/C10H14N4O2/c1-13-14-9(10(15)16)5-6-2-3-7(11)8(12)4-6/h2-4,9,14H,1,5,11-12H2,(H,15,16). The van der Waals surface area contributed by atoms with Crippen LogP contribution in [0.15, 0.2) is 23.3 Å². The SMILES string of the molecule is C=NNC(Cc1ccc(N)c(N)c1)C(=O)O. The molecule has 86 valence electrons. The number of benzene rings is 1. The number of hydrogen-bond donors (Lipinski definition) is 4. The molecule has 1 aromatic rings. The summed E-state index contributed by atoms with van der Waals surface area (Å²) in [6.45, 7) is 3.19. The molecular weight excluding hydrogens is 208 g/mol. The number of nitrogens with two attached hydrogens (primary N) is 2. The van der Waals surface area contributed by atoms with Gasteiger partial charge in [0.15, 0.2) is 0 Å². The maximum atomic E-state index is 10.8. The minimum atomic E-state index is -0.997. The average molecular weight is 222 g/mol. The zero-order chi connectivity index (χ0) is 12.1. The highest BCUT2D eigenvalue weighted by Gasteiger charge is 2.16. The molecule has 0 aliphatic carbocycles. The number of nitrogen functional groups attached to an aromatic ring is 2. The molecule has 1 rings (SSSR count). The van der Waals surface area contributed by atoms with E-state index >= 15 is 0 Å². The highest BCUT2D eigenvalue weighted by Crippen LogP contribution is 2.17. The van der Waals surface area contributed by atoms with Crippen LogP contribution in [-0.2, 0) is 11.2 Å². The minimum Gasteiger partial charge on any atom is -0.480 e. The van der Waals surface area contributed by atoms with Crippen molar-refractivity contribution in [3.8, 4) is 0 Å². The van der Waals surface area contributed by atoms with Gasteiger partial charge in [-0.25, -0.2) is 4.79 Å². The normalized spacial score (nSPS) is 11.8. The third-order valence-corrected chi connectivity index (χ3v) is 2.14. The molecule has 0 heterocycles. The van der Waals surface area contributed by atoms with E-state index in [1.165, 1.54) is 0 Å². The molecule has 1 atom stereocenters. The number of carboxylic acid groups (broad SMARTS) is 1. The molecule has 0 saturated heterocycles. The Morgan fingerprint density at radius 3 is 2.69 bits per heavy atom. The fourth-order valence-corrected chi connectivity index (χ4v) is 1.29. The Kier molecular flexibility index (Phi) is 3.71. The van der Waals surface area contributed by atoms with E-state index in [-0.39, 0.29) is 6.42 Å². The van der Waals surface area contributed by atoms with Gasteiger partial charge in [-0.05, 0) is 17.7 Å². The Labute approximate surface area is 92.9 Å². The van der Waals surface area contributed by atoms with Crippen molar-refractivity contribution in [1.29, 1.82) is 0 Å². The van der Waals surface area contributed by atoms with E-state index in [2.05, 4.69) is 17.2 Å². The van der Waals surface area contributed by atoms with Crippen molar-refractivity contribution in [3.63, 3.8) is 0 Å². The van der Waals surface area contributed by atoms with Crippen LogP contribution in [-0.4, -0.2) is 23.8 Å². The molecule has 0 aliphatic heterocycles. The van der Waals surface area contributed by atoms with Crippen molar-refractivity contribution >= 4 is 24.1 Å². The second-order valence-corrected chi connectivity index (χ2v) is 3.35. The first-order valence-electron chi connectivity index (χ1n) is 4.62. The predicted molar refractivity (Wildman–Crippen MR) is 63.1 cm³/mol. The number of hydrazone groups is 1. The van der Waals surface area contributed by atoms with E-state index in [1.807, 2.05) is 0 Å². The van der Waals surface area contributed by atoms with Gasteiger partial charge >= 0.3 is 5.97 Å². The van der Waals surface area contributed by atoms with Crippen LogP contribution >= 0.6 is 0 Å². The number of aliphatic carboxylic acids is 1. The van der Waals surface area contributed by atoms with Crippen molar-refractivity contribution in [3.05, 3.63) is 23.8 Å². The molecule has 0 bridgehead atoms. The monoisotopic (exact) mass is 222 g/mol. The first-order chi connectivity index (χ1) is 7.54. The zero-order valence-electron chi connectivity index (χ0n) is 8.68. The molecular formula is C10H14N4O2. The lowest BCUT2D eigenvalue weighted by atomic mass is 10.1. The highest BCUT2D eigenvalue weighted by atomic mass is 16.4. The molecule has 0 amide bonds. The number of carboxylic acids is 1. The number of rotatable bonds is 5. The molecule has 6 N–H and O–H groups in total. The number of nitrogens with one attached hydrogen (secondary N) is 1. The summed E-state index contributed by atoms with van der Waals surface area (Å²) in [4.78, 5) is 10.8. The first kappa shape index (κ1) is 11.8. The summed E-state index contributed by atoms with van der Waals surface area (Å²) in [5.74, 6) is -0.997. The van der Waals surface area contributed by atoms with Gasteiger partial charge < -0.3 is 16.6 Å². The fraction of sp³-hybridized carbons (Fsp3) is 0.200. The summed E-state index contributed by atoms with van der Waals surface area (Å²) in [6, 6.07) is 4.20. The van der Waals surface area contributed by atoms with E-state index in [0.29, 0.717) is 11.4 Å². The van der Waals surface area contributed by atoms with E-state index in [4.69, 9.17) is 16.6 Å². The molecule has 6 heteroatoms. The van der Waals surface area contributed by atoms with Gasteiger partial charge in [0.05, 0.1) is 11.4 Å². The lowest BCUT2D eigenvalue weighted by molar-refractivity contribution is -0.139. The summed E-state index contributed by atoms with van der Waals surface area (Å²) in [5.41, 5.74) is 15.3. The predicted octanol–water partition coefficient (Wildman–Crippen LogP) is 0.0519. The van der Waals surface area contributed by atoms with Gasteiger partial charge in [0, 0.05) is 13.1 Å². The van der Waals surface area contributed by atoms with Gasteiger partial charge in [-0.1, -0.05) is 6.07 Å². The molecule has 6 nitrogen and oxygen atoms in total. The summed E-state index contributed by atoms with van der Waals surface area (Å²) >= 11 is 0. The van der Waals surface area contributed by atoms with Crippen molar-refractivity contribution in [1.82, 2.24) is 5.43 Å². The van der Waals surface area contributed by atoms with Gasteiger partial charge in [-0.2, -0.15) is 5.10 Å². The van der Waals surface area contributed by atoms with Crippen LogP contribution in [0.1, 0.15) is 5.56 Å². The molecule has 0 fully saturated rings. The van der Waals surface area contributed by atoms with Crippen LogP contribution in [0, 0.1) is 0 Å². The Balaban J connectivity index is 2.81. The number of carbonyl (C=O) groups is 1. The molecule has 1 unspecified atom stereocenters. The van der Waals surface area contributed by atoms with Gasteiger partial charge in [-0.15, -0.1) is 0 Å². The van der Waals surface area contributed by atoms with Gasteiger partial charge in [0.1, 0.15) is 6.04 Å². The van der Waals surface area contributed by atoms with Gasteiger partial charge in [0.25, 0.3) is 0 Å². The summed E-state index contributed by atoms with van der Waals surface area (Å²) in [7, 11) is 0. The molecule has 16 heavy (non-hydrogen) atoms. The lowest BCUT2D eigenvalue weighted by Gasteiger charge is -2.12. The second-order valence-electron chi connectivity index (χ2n) is 3.35. The molecule has 0 saturated carbocycles. The van der Waals surface area contributed by atoms with Crippen molar-refractivity contribution < 1.29 is 9.90 Å². The van der Waals surface area contributed by atoms with Crippen molar-refractivity contribution in [2.45, 2.75) is 12.5 Å². The van der Waals surface area contributed by atoms with Crippen LogP contribution in [0.3, 0.4) is 0 Å². The maximum absolute atomic E-state index is 10.8. The van der Waals surface area contributed by atoms with Crippen molar-refractivity contribution in [2.75, 3.05) is 11.5 Å². The topological polar surface area (TPSA) is 114 Å². The van der Waals surface area contributed by atoms with Crippen molar-refractivity contribution in [2.24, 2.45) is 5.10 Å². The molecule has 0 spiro atoms. The maximum Gasteiger partial charge on any atom is 0.328 e. The Morgan fingerprint density at radius 2 is 2.19 bits per heavy atom. The number of nitrogens with zero attached hydrogens (tertiary/aromatic N) is 1. The van der Waals surface area contributed by atoms with E-state index in [9.17, 15) is 4.79 Å². The summed E-state index contributed by atoms with van der Waals surface area (Å²) < 4.78 is 0. The Hall–Kier alpha value is -2.24. The number of anilines is 2. The van der Waals surface area contributed by atoms with Crippen LogP contribution in [0.2, 0.25) is 0 Å². The van der Waals surface area contributed by atoms with Crippen LogP contribution in [0.5, 0.6) is 0 Å². The highest BCUT2D eigenvalue weighted by molar-refractivity contribution is 5.74. The molecule has 0 aromatic heterocycles. The largest absolute Gasteiger partial charge is 0.480 e. The quantitative estimate of drug-likeness (QED) is 0.319. The lowest BCUT2D eigenvalue weighted by Crippen LogP contribution is -2.35. The Morgan fingerprint density at radius 1 is 1.50 bits per heavy atom. The summed E-state index contributed by atoms with van der Waals surface area (Å²) in [5, 5.41) is 12.2. The van der Waals surface area contributed by atoms with E-state index < -0.39 is 12.0 Å². The smallest absolute Gasteiger partial charge is 0.328 e. The first-order valence-corrected chi connectivity index (χ1v) is 4.62. The molecule has 0 aliphatic rings. The van der Waals surface area contributed by atoms with Gasteiger partial charge in [-0.3, -0.25) is 5.43 Å². The summed E-state index contributed by atoms with van der Waals surface area (Å²) in [6.07, 6.45) is 0.263. The van der Waals surface area contributed by atoms with E-state index in [1.54, 1.807) is 18.2 Å². The third kappa shape index (κ3) is 2.88. The van der Waals surface area contributed by atoms with E-state index in [0.717, 1.165) is 5.56 Å². The average Bonchev–Trinajstić information content (AvgIpc) is 2.22. The van der Waals surface area contributed by atoms with Crippen LogP contribution in [0.4, 0.5) is 11.4 Å². The molecule has 0 radical (unpaired) electrons. The molecule has 1 aromatic carbocycles. The fourth-order valence-electron chi connectivity index (χ4n) is 1.29. The van der Waals surface area contributed by atoms with Crippen LogP contribution < -0.4 is 16.9 Å². The second kappa shape index (κ2) is 5.01. The van der Waals surface area contributed by atoms with Gasteiger partial charge in [0.2, 0.25) is 0 Å².